The molecule has 106 valence electrons. The van der Waals surface area contributed by atoms with E-state index >= 15 is 0 Å². The van der Waals surface area contributed by atoms with Gasteiger partial charge >= 0.3 is 0 Å². The lowest BCUT2D eigenvalue weighted by Crippen LogP contribution is -2.21. The zero-order valence-electron chi connectivity index (χ0n) is 11.4. The fourth-order valence-electron chi connectivity index (χ4n) is 2.49. The molecule has 0 fully saturated rings. The van der Waals surface area contributed by atoms with Gasteiger partial charge in [0.15, 0.2) is 0 Å². The molecule has 0 radical (unpaired) electrons. The van der Waals surface area contributed by atoms with Crippen LogP contribution in [-0.4, -0.2) is 13.2 Å². The molecule has 3 nitrogen and oxygen atoms in total. The first-order chi connectivity index (χ1) is 10.3. The van der Waals surface area contributed by atoms with Gasteiger partial charge in [0.25, 0.3) is 0 Å². The van der Waals surface area contributed by atoms with E-state index in [4.69, 9.17) is 26.3 Å². The average molecular weight is 300 g/mol. The van der Waals surface area contributed by atoms with Crippen LogP contribution in [0.2, 0.25) is 5.02 Å². The number of fused-ring (bicyclic) bond motifs is 1. The third-order valence-electron chi connectivity index (χ3n) is 3.55. The molecule has 0 bridgehead atoms. The van der Waals surface area contributed by atoms with Crippen molar-refractivity contribution in [1.82, 2.24) is 0 Å². The number of halogens is 1. The lowest BCUT2D eigenvalue weighted by atomic mass is 9.98. The summed E-state index contributed by atoms with van der Waals surface area (Å²) < 4.78 is 11.6. The normalized spacial score (nSPS) is 16.9. The molecule has 0 amide bonds. The van der Waals surface area contributed by atoms with Crippen molar-refractivity contribution in [2.45, 2.75) is 12.5 Å². The molecule has 21 heavy (non-hydrogen) atoms. The molecule has 1 aliphatic heterocycles. The molecule has 0 saturated heterocycles. The van der Waals surface area contributed by atoms with Crippen molar-refractivity contribution in [3.63, 3.8) is 0 Å². The number of hydrogen-bond donors (Lipinski definition) is 0. The Hall–Kier alpha value is -2.02. The third kappa shape index (κ3) is 3.02. The fraction of sp³-hybridized carbons (Fsp3) is 0.235. The van der Waals surface area contributed by atoms with Crippen LogP contribution in [0, 0.1) is 11.3 Å². The summed E-state index contributed by atoms with van der Waals surface area (Å²) in [5, 5.41) is 9.65. The summed E-state index contributed by atoms with van der Waals surface area (Å²) in [6.07, 6.45) is 0.813. The van der Waals surface area contributed by atoms with E-state index in [-0.39, 0.29) is 6.10 Å². The van der Waals surface area contributed by atoms with E-state index in [0.29, 0.717) is 29.5 Å². The summed E-state index contributed by atoms with van der Waals surface area (Å²) in [5.41, 5.74) is 2.93. The summed E-state index contributed by atoms with van der Waals surface area (Å²) in [5.74, 6) is 0.497. The van der Waals surface area contributed by atoms with Gasteiger partial charge < -0.3 is 9.47 Å². The molecule has 0 N–H and O–H groups in total. The number of nitrogens with zero attached hydrogens (tertiary/aromatic N) is 1. The Morgan fingerprint density at radius 1 is 1.29 bits per heavy atom. The Labute approximate surface area is 128 Å². The van der Waals surface area contributed by atoms with Gasteiger partial charge in [0.05, 0.1) is 12.2 Å². The maximum atomic E-state index is 9.10. The maximum Gasteiger partial charge on any atom is 0.138 e. The molecule has 2 aromatic rings. The largest absolute Gasteiger partial charge is 0.489 e. The first-order valence-corrected chi connectivity index (χ1v) is 7.17. The molecule has 1 atom stereocenters. The van der Waals surface area contributed by atoms with Crippen molar-refractivity contribution < 1.29 is 9.47 Å². The third-order valence-corrected chi connectivity index (χ3v) is 3.78. The van der Waals surface area contributed by atoms with Gasteiger partial charge in [0, 0.05) is 11.1 Å². The molecular weight excluding hydrogens is 286 g/mol. The molecule has 0 aliphatic carbocycles. The molecule has 3 rings (SSSR count). The van der Waals surface area contributed by atoms with E-state index in [2.05, 4.69) is 18.2 Å². The van der Waals surface area contributed by atoms with Crippen LogP contribution in [-0.2, 0) is 11.2 Å². The van der Waals surface area contributed by atoms with E-state index in [1.165, 1.54) is 5.56 Å². The second kappa shape index (κ2) is 6.17. The second-order valence-corrected chi connectivity index (χ2v) is 5.31. The first kappa shape index (κ1) is 13.9. The smallest absolute Gasteiger partial charge is 0.138 e. The highest BCUT2D eigenvalue weighted by Gasteiger charge is 2.21. The van der Waals surface area contributed by atoms with E-state index in [0.717, 1.165) is 12.0 Å². The van der Waals surface area contributed by atoms with Gasteiger partial charge in [-0.3, -0.25) is 0 Å². The van der Waals surface area contributed by atoms with Gasteiger partial charge in [0.2, 0.25) is 0 Å². The number of benzene rings is 2. The van der Waals surface area contributed by atoms with Crippen LogP contribution >= 0.6 is 11.6 Å². The summed E-state index contributed by atoms with van der Waals surface area (Å²) >= 11 is 5.96. The SMILES string of the molecule is N#Cc1ccc(Cl)cc1OCC1OCCc2ccccc21. The molecule has 1 heterocycles. The number of nitriles is 1. The molecule has 2 aromatic carbocycles. The molecule has 0 aromatic heterocycles. The van der Waals surface area contributed by atoms with E-state index in [1.807, 2.05) is 12.1 Å². The van der Waals surface area contributed by atoms with Gasteiger partial charge in [-0.1, -0.05) is 35.9 Å². The molecule has 0 saturated carbocycles. The van der Waals surface area contributed by atoms with Crippen molar-refractivity contribution in [3.05, 3.63) is 64.2 Å². The van der Waals surface area contributed by atoms with Gasteiger partial charge in [-0.15, -0.1) is 0 Å². The van der Waals surface area contributed by atoms with Crippen molar-refractivity contribution in [3.8, 4) is 11.8 Å². The summed E-state index contributed by atoms with van der Waals surface area (Å²) in [6, 6.07) is 15.3. The Morgan fingerprint density at radius 3 is 3.00 bits per heavy atom. The van der Waals surface area contributed by atoms with Crippen molar-refractivity contribution in [1.29, 1.82) is 5.26 Å². The Bertz CT molecular complexity index is 693. The van der Waals surface area contributed by atoms with Crippen LogP contribution < -0.4 is 4.74 Å². The van der Waals surface area contributed by atoms with E-state index in [1.54, 1.807) is 18.2 Å². The Morgan fingerprint density at radius 2 is 2.14 bits per heavy atom. The quantitative estimate of drug-likeness (QED) is 0.863. The number of rotatable bonds is 3. The monoisotopic (exact) mass is 299 g/mol. The first-order valence-electron chi connectivity index (χ1n) is 6.80. The van der Waals surface area contributed by atoms with Crippen LogP contribution in [0.4, 0.5) is 0 Å². The summed E-state index contributed by atoms with van der Waals surface area (Å²) in [4.78, 5) is 0. The highest BCUT2D eigenvalue weighted by Crippen LogP contribution is 2.29. The summed E-state index contributed by atoms with van der Waals surface area (Å²) in [7, 11) is 0. The topological polar surface area (TPSA) is 42.2 Å². The van der Waals surface area contributed by atoms with Crippen molar-refractivity contribution in [2.75, 3.05) is 13.2 Å². The minimum Gasteiger partial charge on any atom is -0.489 e. The van der Waals surface area contributed by atoms with E-state index in [9.17, 15) is 0 Å². The van der Waals surface area contributed by atoms with E-state index < -0.39 is 0 Å². The molecular formula is C17H14ClNO2. The second-order valence-electron chi connectivity index (χ2n) is 4.87. The Kier molecular flexibility index (Phi) is 4.10. The summed E-state index contributed by atoms with van der Waals surface area (Å²) in [6.45, 7) is 1.05. The predicted octanol–water partition coefficient (Wildman–Crippen LogP) is 3.90. The molecule has 1 unspecified atom stereocenters. The van der Waals surface area contributed by atoms with Crippen LogP contribution in [0.25, 0.3) is 0 Å². The molecule has 4 heteroatoms. The van der Waals surface area contributed by atoms with Gasteiger partial charge in [-0.2, -0.15) is 5.26 Å². The van der Waals surface area contributed by atoms with Crippen LogP contribution in [0.1, 0.15) is 22.8 Å². The van der Waals surface area contributed by atoms with Gasteiger partial charge in [-0.25, -0.2) is 0 Å². The highest BCUT2D eigenvalue weighted by molar-refractivity contribution is 6.30. The number of hydrogen-bond acceptors (Lipinski definition) is 3. The molecule has 0 spiro atoms. The standard InChI is InChI=1S/C17H14ClNO2/c18-14-6-5-13(10-19)16(9-14)21-11-17-15-4-2-1-3-12(15)7-8-20-17/h1-6,9,17H,7-8,11H2. The van der Waals surface area contributed by atoms with Gasteiger partial charge in [-0.05, 0) is 29.7 Å². The zero-order valence-corrected chi connectivity index (χ0v) is 12.1. The van der Waals surface area contributed by atoms with Crippen molar-refractivity contribution >= 4 is 11.6 Å². The minimum atomic E-state index is -0.111. The highest BCUT2D eigenvalue weighted by atomic mass is 35.5. The van der Waals surface area contributed by atoms with Crippen LogP contribution in [0.5, 0.6) is 5.75 Å². The number of ether oxygens (including phenoxy) is 2. The molecule has 1 aliphatic rings. The zero-order chi connectivity index (χ0) is 14.7. The maximum absolute atomic E-state index is 9.10. The lowest BCUT2D eigenvalue weighted by molar-refractivity contribution is 0.0101. The van der Waals surface area contributed by atoms with Crippen LogP contribution in [0.15, 0.2) is 42.5 Å². The van der Waals surface area contributed by atoms with Crippen molar-refractivity contribution in [2.24, 2.45) is 0 Å². The lowest BCUT2D eigenvalue weighted by Gasteiger charge is -2.26. The minimum absolute atomic E-state index is 0.111. The fourth-order valence-corrected chi connectivity index (χ4v) is 2.65. The van der Waals surface area contributed by atoms with Crippen LogP contribution in [0.3, 0.4) is 0 Å². The van der Waals surface area contributed by atoms with Gasteiger partial charge in [0.1, 0.15) is 24.5 Å². The average Bonchev–Trinajstić information content (AvgIpc) is 2.53. The predicted molar refractivity (Wildman–Crippen MR) is 80.5 cm³/mol. The Balaban J connectivity index is 1.78.